The fourth-order valence-corrected chi connectivity index (χ4v) is 3.14. The van der Waals surface area contributed by atoms with Crippen LogP contribution in [0.25, 0.3) is 11.0 Å². The number of fused-ring (bicyclic) bond motifs is 2. The monoisotopic (exact) mass is 230 g/mol. The second-order valence-electron chi connectivity index (χ2n) is 5.40. The van der Waals surface area contributed by atoms with Crippen LogP contribution in [0.5, 0.6) is 5.75 Å². The fourth-order valence-electron chi connectivity index (χ4n) is 3.14. The van der Waals surface area contributed by atoms with Crippen LogP contribution < -0.4 is 0 Å². The Labute approximate surface area is 101 Å². The van der Waals surface area contributed by atoms with Gasteiger partial charge in [0, 0.05) is 10.9 Å². The lowest BCUT2D eigenvalue weighted by molar-refractivity contribution is 0.433. The van der Waals surface area contributed by atoms with Crippen LogP contribution in [0.1, 0.15) is 35.6 Å². The summed E-state index contributed by atoms with van der Waals surface area (Å²) in [7, 11) is 0. The molecule has 1 unspecified atom stereocenters. The third kappa shape index (κ3) is 1.40. The van der Waals surface area contributed by atoms with Gasteiger partial charge in [0.25, 0.3) is 0 Å². The molecule has 0 amide bonds. The zero-order chi connectivity index (χ0) is 12.2. The molecule has 1 aliphatic carbocycles. The van der Waals surface area contributed by atoms with Crippen LogP contribution in [0.4, 0.5) is 0 Å². The van der Waals surface area contributed by atoms with Gasteiger partial charge in [0.1, 0.15) is 0 Å². The van der Waals surface area contributed by atoms with Crippen molar-refractivity contribution >= 4 is 11.0 Å². The number of aromatic hydroxyl groups is 1. The average molecular weight is 230 g/mol. The van der Waals surface area contributed by atoms with Crippen LogP contribution in [-0.2, 0) is 12.8 Å². The van der Waals surface area contributed by atoms with Crippen molar-refractivity contribution in [1.82, 2.24) is 0 Å². The molecular formula is C15H18O2. The summed E-state index contributed by atoms with van der Waals surface area (Å²) in [4.78, 5) is 0. The molecule has 1 N–H and O–H groups in total. The highest BCUT2D eigenvalue weighted by atomic mass is 16.3. The van der Waals surface area contributed by atoms with Crippen molar-refractivity contribution < 1.29 is 9.52 Å². The Balaban J connectivity index is 2.39. The van der Waals surface area contributed by atoms with Crippen LogP contribution in [0.3, 0.4) is 0 Å². The molecule has 0 saturated carbocycles. The van der Waals surface area contributed by atoms with E-state index in [2.05, 4.69) is 13.8 Å². The molecule has 2 aromatic rings. The van der Waals surface area contributed by atoms with Crippen molar-refractivity contribution in [2.24, 2.45) is 5.92 Å². The molecular weight excluding hydrogens is 212 g/mol. The molecule has 0 bridgehead atoms. The lowest BCUT2D eigenvalue weighted by Gasteiger charge is -2.24. The van der Waals surface area contributed by atoms with E-state index in [0.29, 0.717) is 17.3 Å². The van der Waals surface area contributed by atoms with Crippen molar-refractivity contribution in [2.75, 3.05) is 0 Å². The van der Waals surface area contributed by atoms with Crippen molar-refractivity contribution in [3.05, 3.63) is 28.5 Å². The zero-order valence-electron chi connectivity index (χ0n) is 10.6. The summed E-state index contributed by atoms with van der Waals surface area (Å²) >= 11 is 0. The molecule has 0 radical (unpaired) electrons. The Morgan fingerprint density at radius 1 is 1.29 bits per heavy atom. The summed E-state index contributed by atoms with van der Waals surface area (Å²) in [6, 6.07) is 0. The van der Waals surface area contributed by atoms with Gasteiger partial charge in [-0.25, -0.2) is 0 Å². The highest BCUT2D eigenvalue weighted by Gasteiger charge is 2.24. The van der Waals surface area contributed by atoms with Crippen LogP contribution in [0.15, 0.2) is 10.7 Å². The minimum atomic E-state index is 0.375. The van der Waals surface area contributed by atoms with Crippen molar-refractivity contribution in [1.29, 1.82) is 0 Å². The first kappa shape index (κ1) is 10.7. The van der Waals surface area contributed by atoms with E-state index in [9.17, 15) is 5.11 Å². The molecule has 1 aliphatic rings. The third-order valence-corrected chi connectivity index (χ3v) is 4.11. The standard InChI is InChI=1S/C15H18O2/c1-8-4-5-11-10(3)13-9(2)7-17-15(13)14(16)12(11)6-8/h7-8,16H,4-6H2,1-3H3. The van der Waals surface area contributed by atoms with Gasteiger partial charge in [-0.15, -0.1) is 0 Å². The number of furan rings is 1. The van der Waals surface area contributed by atoms with Gasteiger partial charge in [-0.3, -0.25) is 0 Å². The Kier molecular flexibility index (Phi) is 2.22. The topological polar surface area (TPSA) is 33.4 Å². The number of phenols is 1. The van der Waals surface area contributed by atoms with Gasteiger partial charge in [0.15, 0.2) is 11.3 Å². The van der Waals surface area contributed by atoms with Gasteiger partial charge < -0.3 is 9.52 Å². The van der Waals surface area contributed by atoms with Gasteiger partial charge in [-0.1, -0.05) is 6.92 Å². The highest BCUT2D eigenvalue weighted by Crippen LogP contribution is 2.41. The van der Waals surface area contributed by atoms with E-state index in [0.717, 1.165) is 29.4 Å². The predicted molar refractivity (Wildman–Crippen MR) is 68.5 cm³/mol. The molecule has 0 aliphatic heterocycles. The number of aryl methyl sites for hydroxylation is 2. The molecule has 2 heteroatoms. The van der Waals surface area contributed by atoms with E-state index >= 15 is 0 Å². The van der Waals surface area contributed by atoms with Crippen molar-refractivity contribution in [3.8, 4) is 5.75 Å². The van der Waals surface area contributed by atoms with Crippen LogP contribution in [0, 0.1) is 19.8 Å². The second-order valence-corrected chi connectivity index (χ2v) is 5.40. The maximum Gasteiger partial charge on any atom is 0.176 e. The van der Waals surface area contributed by atoms with Gasteiger partial charge in [-0.05, 0) is 55.7 Å². The molecule has 0 saturated heterocycles. The maximum atomic E-state index is 10.4. The Bertz CT molecular complexity index is 593. The van der Waals surface area contributed by atoms with Crippen molar-refractivity contribution in [2.45, 2.75) is 40.0 Å². The normalized spacial score (nSPS) is 19.6. The minimum absolute atomic E-state index is 0.375. The first-order chi connectivity index (χ1) is 8.09. The van der Waals surface area contributed by atoms with E-state index in [1.54, 1.807) is 6.26 Å². The molecule has 1 aromatic heterocycles. The predicted octanol–water partition coefficient (Wildman–Crippen LogP) is 3.88. The molecule has 0 fully saturated rings. The van der Waals surface area contributed by atoms with Gasteiger partial charge in [-0.2, -0.15) is 0 Å². The second kappa shape index (κ2) is 3.52. The smallest absolute Gasteiger partial charge is 0.176 e. The molecule has 3 rings (SSSR count). The summed E-state index contributed by atoms with van der Waals surface area (Å²) < 4.78 is 5.51. The number of hydrogen-bond donors (Lipinski definition) is 1. The molecule has 1 heterocycles. The molecule has 1 atom stereocenters. The summed E-state index contributed by atoms with van der Waals surface area (Å²) in [5.74, 6) is 1.03. The Morgan fingerprint density at radius 2 is 2.06 bits per heavy atom. The van der Waals surface area contributed by atoms with Crippen molar-refractivity contribution in [3.63, 3.8) is 0 Å². The molecule has 0 spiro atoms. The van der Waals surface area contributed by atoms with Gasteiger partial charge in [0.05, 0.1) is 6.26 Å². The van der Waals surface area contributed by atoms with E-state index < -0.39 is 0 Å². The third-order valence-electron chi connectivity index (χ3n) is 4.11. The average Bonchev–Trinajstić information content (AvgIpc) is 2.68. The van der Waals surface area contributed by atoms with Crippen LogP contribution in [0.2, 0.25) is 0 Å². The molecule has 2 nitrogen and oxygen atoms in total. The maximum absolute atomic E-state index is 10.4. The largest absolute Gasteiger partial charge is 0.504 e. The van der Waals surface area contributed by atoms with Gasteiger partial charge >= 0.3 is 0 Å². The van der Waals surface area contributed by atoms with Crippen LogP contribution in [-0.4, -0.2) is 5.11 Å². The number of benzene rings is 1. The van der Waals surface area contributed by atoms with Gasteiger partial charge in [0.2, 0.25) is 0 Å². The number of hydrogen-bond acceptors (Lipinski definition) is 2. The molecule has 1 aromatic carbocycles. The lowest BCUT2D eigenvalue weighted by atomic mass is 9.81. The molecule has 17 heavy (non-hydrogen) atoms. The van der Waals surface area contributed by atoms with E-state index in [-0.39, 0.29) is 0 Å². The quantitative estimate of drug-likeness (QED) is 0.745. The minimum Gasteiger partial charge on any atom is -0.504 e. The summed E-state index contributed by atoms with van der Waals surface area (Å²) in [5, 5.41) is 11.5. The lowest BCUT2D eigenvalue weighted by Crippen LogP contribution is -2.13. The fraction of sp³-hybridized carbons (Fsp3) is 0.467. The first-order valence-electron chi connectivity index (χ1n) is 6.30. The van der Waals surface area contributed by atoms with E-state index in [1.165, 1.54) is 17.5 Å². The van der Waals surface area contributed by atoms with Crippen LogP contribution >= 0.6 is 0 Å². The summed E-state index contributed by atoms with van der Waals surface area (Å²) in [6.45, 7) is 6.44. The zero-order valence-corrected chi connectivity index (χ0v) is 10.6. The first-order valence-corrected chi connectivity index (χ1v) is 6.30. The highest BCUT2D eigenvalue weighted by molar-refractivity contribution is 5.91. The number of phenolic OH excluding ortho intramolecular Hbond substituents is 1. The SMILES string of the molecule is Cc1coc2c(O)c3c(c(C)c12)CCC(C)C3. The summed E-state index contributed by atoms with van der Waals surface area (Å²) in [5.41, 5.74) is 5.55. The van der Waals surface area contributed by atoms with E-state index in [1.807, 2.05) is 6.92 Å². The molecule has 90 valence electrons. The Hall–Kier alpha value is -1.44. The number of rotatable bonds is 0. The van der Waals surface area contributed by atoms with E-state index in [4.69, 9.17) is 4.42 Å². The summed E-state index contributed by atoms with van der Waals surface area (Å²) in [6.07, 6.45) is 5.01. The Morgan fingerprint density at radius 3 is 2.82 bits per heavy atom.